The summed E-state index contributed by atoms with van der Waals surface area (Å²) >= 11 is 0. The first kappa shape index (κ1) is 25.2. The SMILES string of the molecule is CCC1Oc2ccc(NC(=O)c3c(F)cccc3F)cc2CN(Cc2cccc(C(F)(F)F)c2)C1=O. The first-order chi connectivity index (χ1) is 17.1. The number of nitrogens with zero attached hydrogens (tertiary/aromatic N) is 1. The summed E-state index contributed by atoms with van der Waals surface area (Å²) in [6.45, 7) is 1.63. The maximum absolute atomic E-state index is 14.0. The lowest BCUT2D eigenvalue weighted by atomic mass is 10.1. The molecule has 1 aliphatic rings. The van der Waals surface area contributed by atoms with E-state index >= 15 is 0 Å². The number of carbonyl (C=O) groups excluding carboxylic acids is 2. The third-order valence-corrected chi connectivity index (χ3v) is 5.72. The van der Waals surface area contributed by atoms with Gasteiger partial charge in [0.2, 0.25) is 0 Å². The van der Waals surface area contributed by atoms with Gasteiger partial charge in [-0.15, -0.1) is 0 Å². The zero-order valence-corrected chi connectivity index (χ0v) is 19.0. The number of alkyl halides is 3. The fourth-order valence-corrected chi connectivity index (χ4v) is 3.95. The number of carbonyl (C=O) groups is 2. The van der Waals surface area contributed by atoms with Gasteiger partial charge < -0.3 is 15.0 Å². The topological polar surface area (TPSA) is 58.6 Å². The Morgan fingerprint density at radius 1 is 1.06 bits per heavy atom. The van der Waals surface area contributed by atoms with Gasteiger partial charge in [-0.25, -0.2) is 8.78 Å². The van der Waals surface area contributed by atoms with Crippen molar-refractivity contribution < 1.29 is 36.3 Å². The quantitative estimate of drug-likeness (QED) is 0.438. The molecule has 0 radical (unpaired) electrons. The molecule has 1 heterocycles. The zero-order chi connectivity index (χ0) is 26.0. The molecular formula is C26H21F5N2O3. The van der Waals surface area contributed by atoms with E-state index in [9.17, 15) is 31.5 Å². The molecule has 0 saturated carbocycles. The van der Waals surface area contributed by atoms with Gasteiger partial charge in [0, 0.05) is 24.3 Å². The van der Waals surface area contributed by atoms with Crippen LogP contribution in [0.5, 0.6) is 5.75 Å². The minimum Gasteiger partial charge on any atom is -0.480 e. The molecule has 0 aliphatic carbocycles. The minimum absolute atomic E-state index is 0.0152. The smallest absolute Gasteiger partial charge is 0.416 e. The Balaban J connectivity index is 1.61. The molecule has 0 spiro atoms. The predicted molar refractivity (Wildman–Crippen MR) is 121 cm³/mol. The first-order valence-electron chi connectivity index (χ1n) is 11.1. The predicted octanol–water partition coefficient (Wildman–Crippen LogP) is 5.94. The number of hydrogen-bond donors (Lipinski definition) is 1. The number of nitrogens with one attached hydrogen (secondary N) is 1. The van der Waals surface area contributed by atoms with Crippen LogP contribution in [-0.4, -0.2) is 22.8 Å². The number of rotatable bonds is 5. The highest BCUT2D eigenvalue weighted by Crippen LogP contribution is 2.32. The van der Waals surface area contributed by atoms with Gasteiger partial charge in [0.05, 0.1) is 5.56 Å². The summed E-state index contributed by atoms with van der Waals surface area (Å²) in [7, 11) is 0. The maximum Gasteiger partial charge on any atom is 0.416 e. The molecule has 0 aromatic heterocycles. The number of hydrogen-bond acceptors (Lipinski definition) is 3. The zero-order valence-electron chi connectivity index (χ0n) is 19.0. The molecule has 2 amide bonds. The van der Waals surface area contributed by atoms with Crippen molar-refractivity contribution >= 4 is 17.5 Å². The van der Waals surface area contributed by atoms with Gasteiger partial charge in [0.15, 0.2) is 6.10 Å². The lowest BCUT2D eigenvalue weighted by Gasteiger charge is -2.23. The second kappa shape index (κ2) is 9.96. The molecule has 3 aromatic carbocycles. The van der Waals surface area contributed by atoms with E-state index in [2.05, 4.69) is 5.32 Å². The molecule has 1 atom stereocenters. The monoisotopic (exact) mass is 504 g/mol. The van der Waals surface area contributed by atoms with Crippen LogP contribution < -0.4 is 10.1 Å². The normalized spacial score (nSPS) is 15.7. The average Bonchev–Trinajstić information content (AvgIpc) is 2.94. The molecule has 4 rings (SSSR count). The second-order valence-corrected chi connectivity index (χ2v) is 8.28. The second-order valence-electron chi connectivity index (χ2n) is 8.28. The van der Waals surface area contributed by atoms with E-state index in [1.165, 1.54) is 35.2 Å². The molecular weight excluding hydrogens is 483 g/mol. The molecule has 3 aromatic rings. The summed E-state index contributed by atoms with van der Waals surface area (Å²) in [5.74, 6) is -3.08. The molecule has 1 N–H and O–H groups in total. The highest BCUT2D eigenvalue weighted by molar-refractivity contribution is 6.04. The highest BCUT2D eigenvalue weighted by Gasteiger charge is 2.32. The van der Waals surface area contributed by atoms with Crippen molar-refractivity contribution in [2.75, 3.05) is 5.32 Å². The van der Waals surface area contributed by atoms with E-state index in [0.29, 0.717) is 17.7 Å². The van der Waals surface area contributed by atoms with E-state index in [1.807, 2.05) is 0 Å². The minimum atomic E-state index is -4.52. The number of benzene rings is 3. The van der Waals surface area contributed by atoms with Gasteiger partial charge in [-0.3, -0.25) is 9.59 Å². The summed E-state index contributed by atoms with van der Waals surface area (Å²) in [5.41, 5.74) is -0.604. The molecule has 0 bridgehead atoms. The molecule has 1 aliphatic heterocycles. The van der Waals surface area contributed by atoms with Crippen LogP contribution in [0.1, 0.15) is 40.4 Å². The van der Waals surface area contributed by atoms with Crippen LogP contribution in [0.15, 0.2) is 60.7 Å². The van der Waals surface area contributed by atoms with Crippen LogP contribution in [0.3, 0.4) is 0 Å². The third-order valence-electron chi connectivity index (χ3n) is 5.72. The van der Waals surface area contributed by atoms with Crippen LogP contribution in [0.2, 0.25) is 0 Å². The first-order valence-corrected chi connectivity index (χ1v) is 11.1. The number of amides is 2. The average molecular weight is 504 g/mol. The molecule has 1 unspecified atom stereocenters. The summed E-state index contributed by atoms with van der Waals surface area (Å²) in [6.07, 6.45) is -5.06. The van der Waals surface area contributed by atoms with Crippen molar-refractivity contribution in [3.8, 4) is 5.75 Å². The van der Waals surface area contributed by atoms with Gasteiger partial charge in [0.1, 0.15) is 22.9 Å². The van der Waals surface area contributed by atoms with Gasteiger partial charge >= 0.3 is 6.18 Å². The Hall–Kier alpha value is -3.95. The fourth-order valence-electron chi connectivity index (χ4n) is 3.95. The Morgan fingerprint density at radius 2 is 1.75 bits per heavy atom. The van der Waals surface area contributed by atoms with Crippen molar-refractivity contribution in [3.05, 3.63) is 94.6 Å². The van der Waals surface area contributed by atoms with Crippen molar-refractivity contribution in [1.29, 1.82) is 0 Å². The third kappa shape index (κ3) is 5.32. The van der Waals surface area contributed by atoms with E-state index in [1.54, 1.807) is 6.92 Å². The Kier molecular flexibility index (Phi) is 6.96. The molecule has 188 valence electrons. The maximum atomic E-state index is 14.0. The molecule has 10 heteroatoms. The molecule has 36 heavy (non-hydrogen) atoms. The largest absolute Gasteiger partial charge is 0.480 e. The number of anilines is 1. The van der Waals surface area contributed by atoms with Crippen LogP contribution in [0.25, 0.3) is 0 Å². The lowest BCUT2D eigenvalue weighted by molar-refractivity contribution is -0.139. The summed E-state index contributed by atoms with van der Waals surface area (Å²) < 4.78 is 73.2. The number of halogens is 5. The van der Waals surface area contributed by atoms with E-state index in [-0.39, 0.29) is 24.3 Å². The van der Waals surface area contributed by atoms with E-state index in [4.69, 9.17) is 4.74 Å². The van der Waals surface area contributed by atoms with Crippen molar-refractivity contribution in [3.63, 3.8) is 0 Å². The van der Waals surface area contributed by atoms with E-state index < -0.39 is 46.9 Å². The Morgan fingerprint density at radius 3 is 2.42 bits per heavy atom. The lowest BCUT2D eigenvalue weighted by Crippen LogP contribution is -2.38. The molecule has 0 fully saturated rings. The van der Waals surface area contributed by atoms with Crippen LogP contribution in [-0.2, 0) is 24.1 Å². The van der Waals surface area contributed by atoms with Crippen molar-refractivity contribution in [2.24, 2.45) is 0 Å². The fraction of sp³-hybridized carbons (Fsp3) is 0.231. The Labute approximate surface area is 203 Å². The summed E-state index contributed by atoms with van der Waals surface area (Å²) in [5, 5.41) is 2.43. The molecule has 0 saturated heterocycles. The van der Waals surface area contributed by atoms with Crippen molar-refractivity contribution in [1.82, 2.24) is 4.90 Å². The number of ether oxygens (including phenoxy) is 1. The van der Waals surface area contributed by atoms with Gasteiger partial charge in [-0.2, -0.15) is 13.2 Å². The van der Waals surface area contributed by atoms with Crippen molar-refractivity contribution in [2.45, 2.75) is 38.7 Å². The standard InChI is InChI=1S/C26H21F5N2O3/c1-2-21-25(35)33(13-15-5-3-6-17(11-15)26(29,30)31)14-16-12-18(9-10-22(16)36-21)32-24(34)23-19(27)7-4-8-20(23)28/h3-12,21H,2,13-14H2,1H3,(H,32,34). The molecule has 5 nitrogen and oxygen atoms in total. The van der Waals surface area contributed by atoms with Crippen LogP contribution in [0, 0.1) is 11.6 Å². The number of fused-ring (bicyclic) bond motifs is 1. The van der Waals surface area contributed by atoms with E-state index in [0.717, 1.165) is 30.3 Å². The Bertz CT molecular complexity index is 1290. The highest BCUT2D eigenvalue weighted by atomic mass is 19.4. The van der Waals surface area contributed by atoms with Gasteiger partial charge in [-0.1, -0.05) is 25.1 Å². The van der Waals surface area contributed by atoms with Gasteiger partial charge in [-0.05, 0) is 54.4 Å². The summed E-state index contributed by atoms with van der Waals surface area (Å²) in [4.78, 5) is 26.9. The van der Waals surface area contributed by atoms with Crippen LogP contribution >= 0.6 is 0 Å². The van der Waals surface area contributed by atoms with Gasteiger partial charge in [0.25, 0.3) is 11.8 Å². The summed E-state index contributed by atoms with van der Waals surface area (Å²) in [6, 6.07) is 12.3. The van der Waals surface area contributed by atoms with Crippen LogP contribution in [0.4, 0.5) is 27.6 Å².